The summed E-state index contributed by atoms with van der Waals surface area (Å²) in [5, 5.41) is 20.6. The minimum absolute atomic E-state index is 0. The Labute approximate surface area is 119 Å². The van der Waals surface area contributed by atoms with Crippen LogP contribution in [0.15, 0.2) is 20.4 Å². The first-order valence-electron chi connectivity index (χ1n) is 4.17. The minimum atomic E-state index is 0. The molecule has 84 valence electrons. The molecule has 0 amide bonds. The van der Waals surface area contributed by atoms with Crippen molar-refractivity contribution in [1.82, 2.24) is 10.6 Å². The SMILES string of the molecule is CCNC([S-])=NN=CC=NN=C([S-])NC.[Zn+2]. The van der Waals surface area contributed by atoms with Gasteiger partial charge in [-0.3, -0.25) is 0 Å². The van der Waals surface area contributed by atoms with Gasteiger partial charge in [-0.05, 0) is 17.3 Å². The summed E-state index contributed by atoms with van der Waals surface area (Å²) in [5.41, 5.74) is 0. The first-order chi connectivity index (χ1) is 7.20. The average Bonchev–Trinajstić information content (AvgIpc) is 2.23. The third-order valence-electron chi connectivity index (χ3n) is 1.04. The van der Waals surface area contributed by atoms with Gasteiger partial charge in [0.25, 0.3) is 0 Å². The molecule has 6 nitrogen and oxygen atoms in total. The Morgan fingerprint density at radius 3 is 2.06 bits per heavy atom. The molecule has 9 heteroatoms. The molecule has 0 atom stereocenters. The van der Waals surface area contributed by atoms with E-state index in [9.17, 15) is 0 Å². The molecule has 0 aliphatic rings. The molecule has 0 aromatic carbocycles. The van der Waals surface area contributed by atoms with Crippen LogP contribution >= 0.6 is 0 Å². The van der Waals surface area contributed by atoms with Crippen molar-refractivity contribution in [3.05, 3.63) is 0 Å². The summed E-state index contributed by atoms with van der Waals surface area (Å²) in [6.45, 7) is 2.64. The molecule has 0 saturated heterocycles. The van der Waals surface area contributed by atoms with E-state index >= 15 is 0 Å². The fraction of sp³-hybridized carbons (Fsp3) is 0.429. The molecule has 0 aliphatic carbocycles. The second-order valence-corrected chi connectivity index (χ2v) is 2.89. The summed E-state index contributed by atoms with van der Waals surface area (Å²) in [7, 11) is 1.67. The van der Waals surface area contributed by atoms with Crippen molar-refractivity contribution < 1.29 is 19.5 Å². The summed E-state index contributed by atoms with van der Waals surface area (Å²) >= 11 is 9.52. The Morgan fingerprint density at radius 2 is 1.62 bits per heavy atom. The first-order valence-corrected chi connectivity index (χ1v) is 4.98. The average molecular weight is 310 g/mol. The topological polar surface area (TPSA) is 73.5 Å². The van der Waals surface area contributed by atoms with Gasteiger partial charge in [-0.25, -0.2) is 0 Å². The van der Waals surface area contributed by atoms with Crippen LogP contribution < -0.4 is 10.6 Å². The van der Waals surface area contributed by atoms with E-state index in [4.69, 9.17) is 25.3 Å². The van der Waals surface area contributed by atoms with Crippen LogP contribution in [0, 0.1) is 0 Å². The van der Waals surface area contributed by atoms with Gasteiger partial charge >= 0.3 is 19.5 Å². The molecule has 0 unspecified atom stereocenters. The van der Waals surface area contributed by atoms with Crippen molar-refractivity contribution in [2.45, 2.75) is 6.92 Å². The molecule has 16 heavy (non-hydrogen) atoms. The Kier molecular flexibility index (Phi) is 13.8. The van der Waals surface area contributed by atoms with Crippen LogP contribution in [0.1, 0.15) is 6.92 Å². The van der Waals surface area contributed by atoms with Gasteiger partial charge in [-0.2, -0.15) is 20.4 Å². The molecule has 2 N–H and O–H groups in total. The van der Waals surface area contributed by atoms with E-state index in [1.54, 1.807) is 7.05 Å². The van der Waals surface area contributed by atoms with Gasteiger partial charge in [-0.15, -0.1) is 0 Å². The first kappa shape index (κ1) is 17.7. The number of amidine groups is 2. The van der Waals surface area contributed by atoms with Crippen LogP contribution in [0.2, 0.25) is 0 Å². The third kappa shape index (κ3) is 11.4. The predicted molar refractivity (Wildman–Crippen MR) is 69.3 cm³/mol. The molecule has 0 fully saturated rings. The van der Waals surface area contributed by atoms with Gasteiger partial charge in [0.05, 0.1) is 12.4 Å². The summed E-state index contributed by atoms with van der Waals surface area (Å²) in [6, 6.07) is 0. The second kappa shape index (κ2) is 12.4. The Morgan fingerprint density at radius 1 is 1.12 bits per heavy atom. The zero-order valence-corrected chi connectivity index (χ0v) is 13.8. The largest absolute Gasteiger partial charge is 2.00 e. The second-order valence-electron chi connectivity index (χ2n) is 2.12. The molecule has 0 radical (unpaired) electrons. The summed E-state index contributed by atoms with van der Waals surface area (Å²) in [4.78, 5) is 0. The quantitative estimate of drug-likeness (QED) is 0.243. The molecule has 0 spiro atoms. The Balaban J connectivity index is 0. The molecular weight excluding hydrogens is 298 g/mol. The molecular formula is C7H12N6S2Zn. The monoisotopic (exact) mass is 308 g/mol. The number of nitrogens with zero attached hydrogens (tertiary/aromatic N) is 4. The van der Waals surface area contributed by atoms with Crippen molar-refractivity contribution in [1.29, 1.82) is 0 Å². The van der Waals surface area contributed by atoms with E-state index in [-0.39, 0.29) is 19.5 Å². The standard InChI is InChI=1S/C7H14N6S2.Zn/c1-3-9-7(15)13-11-5-4-10-12-6(14)8-2;/h4-5H,3H2,1-2H3,(H2,8,12,14)(H2,9,13,15);/q;+2/p-2. The number of rotatable bonds is 4. The van der Waals surface area contributed by atoms with Crippen LogP contribution in [0.5, 0.6) is 0 Å². The van der Waals surface area contributed by atoms with Gasteiger partial charge < -0.3 is 35.9 Å². The predicted octanol–water partition coefficient (Wildman–Crippen LogP) is -0.410. The Hall–Kier alpha value is -0.657. The van der Waals surface area contributed by atoms with Gasteiger partial charge in [-0.1, -0.05) is 0 Å². The van der Waals surface area contributed by atoms with E-state index in [1.807, 2.05) is 6.92 Å². The van der Waals surface area contributed by atoms with Crippen LogP contribution in [0.3, 0.4) is 0 Å². The van der Waals surface area contributed by atoms with E-state index < -0.39 is 0 Å². The van der Waals surface area contributed by atoms with Crippen molar-refractivity contribution in [2.24, 2.45) is 20.4 Å². The molecule has 0 saturated carbocycles. The molecule has 0 rings (SSSR count). The van der Waals surface area contributed by atoms with Crippen LogP contribution in [0.4, 0.5) is 0 Å². The van der Waals surface area contributed by atoms with E-state index in [1.165, 1.54) is 12.4 Å². The zero-order valence-electron chi connectivity index (χ0n) is 9.17. The van der Waals surface area contributed by atoms with E-state index in [0.29, 0.717) is 10.3 Å². The van der Waals surface area contributed by atoms with Crippen molar-refractivity contribution in [3.8, 4) is 0 Å². The number of nitrogens with one attached hydrogen (secondary N) is 2. The van der Waals surface area contributed by atoms with Crippen molar-refractivity contribution >= 4 is 48.0 Å². The van der Waals surface area contributed by atoms with Crippen molar-refractivity contribution in [3.63, 3.8) is 0 Å². The normalized spacial score (nSPS) is 12.9. The zero-order chi connectivity index (χ0) is 11.5. The fourth-order valence-electron chi connectivity index (χ4n) is 0.468. The maximum atomic E-state index is 4.80. The summed E-state index contributed by atoms with van der Waals surface area (Å²) < 4.78 is 0. The van der Waals surface area contributed by atoms with Crippen LogP contribution in [-0.4, -0.2) is 36.4 Å². The van der Waals surface area contributed by atoms with Crippen LogP contribution in [0.25, 0.3) is 0 Å². The maximum Gasteiger partial charge on any atom is 2.00 e. The molecule has 0 aromatic heterocycles. The Bertz CT molecular complexity index is 289. The van der Waals surface area contributed by atoms with Gasteiger partial charge in [0, 0.05) is 13.6 Å². The fourth-order valence-corrected chi connectivity index (χ4v) is 0.706. The van der Waals surface area contributed by atoms with E-state index in [0.717, 1.165) is 6.54 Å². The third-order valence-corrected chi connectivity index (χ3v) is 1.55. The molecule has 0 aromatic rings. The summed E-state index contributed by atoms with van der Waals surface area (Å²) in [5.74, 6) is 0. The van der Waals surface area contributed by atoms with Gasteiger partial charge in [0.1, 0.15) is 0 Å². The summed E-state index contributed by atoms with van der Waals surface area (Å²) in [6.07, 6.45) is 2.73. The van der Waals surface area contributed by atoms with E-state index in [2.05, 4.69) is 31.0 Å². The number of hydrogen-bond donors (Lipinski definition) is 2. The smallest absolute Gasteiger partial charge is 0.741 e. The molecule has 0 heterocycles. The maximum absolute atomic E-state index is 4.80. The molecule has 0 bridgehead atoms. The van der Waals surface area contributed by atoms with Gasteiger partial charge in [0.15, 0.2) is 0 Å². The van der Waals surface area contributed by atoms with Gasteiger partial charge in [0.2, 0.25) is 0 Å². The number of hydrogen-bond acceptors (Lipinski definition) is 6. The van der Waals surface area contributed by atoms with Crippen LogP contribution in [-0.2, 0) is 44.7 Å². The van der Waals surface area contributed by atoms with Crippen molar-refractivity contribution in [2.75, 3.05) is 13.6 Å². The minimum Gasteiger partial charge on any atom is -0.741 e. The molecule has 0 aliphatic heterocycles.